The zero-order chi connectivity index (χ0) is 18.2. The third-order valence-electron chi connectivity index (χ3n) is 3.88. The molecule has 3 rings (SSSR count). The SMILES string of the molecule is CC#Cc1ccc(C#Cc2ccc(-c3ccc(C#CC)cc3)cc2)cc1. The van der Waals surface area contributed by atoms with Crippen LogP contribution in [0.1, 0.15) is 36.1 Å². The first-order valence-electron chi connectivity index (χ1n) is 8.46. The molecule has 0 unspecified atom stereocenters. The van der Waals surface area contributed by atoms with Crippen LogP contribution in [0.2, 0.25) is 0 Å². The topological polar surface area (TPSA) is 0 Å². The van der Waals surface area contributed by atoms with E-state index < -0.39 is 0 Å². The third-order valence-corrected chi connectivity index (χ3v) is 3.88. The molecule has 0 heterocycles. The van der Waals surface area contributed by atoms with E-state index in [1.165, 1.54) is 11.1 Å². The van der Waals surface area contributed by atoms with Crippen LogP contribution in [0.4, 0.5) is 0 Å². The van der Waals surface area contributed by atoms with Crippen LogP contribution in [-0.2, 0) is 0 Å². The van der Waals surface area contributed by atoms with Crippen LogP contribution in [-0.4, -0.2) is 0 Å². The normalized spacial score (nSPS) is 9.00. The molecule has 0 aliphatic carbocycles. The summed E-state index contributed by atoms with van der Waals surface area (Å²) in [7, 11) is 0. The Hall–Kier alpha value is -3.66. The van der Waals surface area contributed by atoms with Gasteiger partial charge in [-0.2, -0.15) is 0 Å². The Morgan fingerprint density at radius 1 is 0.385 bits per heavy atom. The van der Waals surface area contributed by atoms with Gasteiger partial charge in [0.1, 0.15) is 0 Å². The first kappa shape index (κ1) is 17.2. The molecule has 0 aliphatic rings. The molecule has 0 atom stereocenters. The Kier molecular flexibility index (Phi) is 5.58. The molecule has 0 heteroatoms. The molecule has 0 radical (unpaired) electrons. The monoisotopic (exact) mass is 330 g/mol. The molecule has 0 amide bonds. The van der Waals surface area contributed by atoms with Crippen molar-refractivity contribution in [1.82, 2.24) is 0 Å². The van der Waals surface area contributed by atoms with Crippen molar-refractivity contribution in [3.05, 3.63) is 95.1 Å². The van der Waals surface area contributed by atoms with Crippen molar-refractivity contribution < 1.29 is 0 Å². The molecule has 0 fully saturated rings. The summed E-state index contributed by atoms with van der Waals surface area (Å²) in [5.74, 6) is 18.3. The van der Waals surface area contributed by atoms with Crippen LogP contribution in [0.5, 0.6) is 0 Å². The van der Waals surface area contributed by atoms with E-state index in [0.717, 1.165) is 22.3 Å². The first-order valence-corrected chi connectivity index (χ1v) is 8.46. The predicted octanol–water partition coefficient (Wildman–Crippen LogP) is 5.50. The van der Waals surface area contributed by atoms with Gasteiger partial charge in [-0.3, -0.25) is 0 Å². The van der Waals surface area contributed by atoms with E-state index in [4.69, 9.17) is 0 Å². The molecule has 0 saturated carbocycles. The van der Waals surface area contributed by atoms with Gasteiger partial charge in [-0.1, -0.05) is 47.9 Å². The van der Waals surface area contributed by atoms with Crippen LogP contribution in [0, 0.1) is 35.5 Å². The molecule has 26 heavy (non-hydrogen) atoms. The fourth-order valence-corrected chi connectivity index (χ4v) is 2.56. The van der Waals surface area contributed by atoms with Crippen LogP contribution in [0.15, 0.2) is 72.8 Å². The minimum absolute atomic E-state index is 0.989. The Morgan fingerprint density at radius 2 is 0.654 bits per heavy atom. The van der Waals surface area contributed by atoms with Crippen molar-refractivity contribution in [2.75, 3.05) is 0 Å². The number of hydrogen-bond donors (Lipinski definition) is 0. The lowest BCUT2D eigenvalue weighted by molar-refractivity contribution is 1.57. The van der Waals surface area contributed by atoms with Crippen molar-refractivity contribution in [2.24, 2.45) is 0 Å². The van der Waals surface area contributed by atoms with Crippen molar-refractivity contribution in [3.8, 4) is 46.6 Å². The lowest BCUT2D eigenvalue weighted by Crippen LogP contribution is -1.81. The van der Waals surface area contributed by atoms with Crippen LogP contribution < -0.4 is 0 Å². The maximum absolute atomic E-state index is 3.21. The fraction of sp³-hybridized carbons (Fsp3) is 0.0769. The minimum Gasteiger partial charge on any atom is -0.101 e. The van der Waals surface area contributed by atoms with Gasteiger partial charge in [0, 0.05) is 22.3 Å². The summed E-state index contributed by atoms with van der Waals surface area (Å²) in [6.45, 7) is 3.69. The van der Waals surface area contributed by atoms with Gasteiger partial charge in [0.2, 0.25) is 0 Å². The summed E-state index contributed by atoms with van der Waals surface area (Å²) >= 11 is 0. The highest BCUT2D eigenvalue weighted by Gasteiger charge is 1.97. The quantitative estimate of drug-likeness (QED) is 0.517. The molecule has 0 aromatic heterocycles. The number of hydrogen-bond acceptors (Lipinski definition) is 0. The molecular weight excluding hydrogens is 312 g/mol. The highest BCUT2D eigenvalue weighted by atomic mass is 14.0. The summed E-state index contributed by atoms with van der Waals surface area (Å²) in [5.41, 5.74) is 6.39. The zero-order valence-electron chi connectivity index (χ0n) is 14.9. The molecule has 0 spiro atoms. The Labute approximate surface area is 155 Å². The second-order valence-electron chi connectivity index (χ2n) is 5.73. The molecule has 0 saturated heterocycles. The van der Waals surface area contributed by atoms with Gasteiger partial charge < -0.3 is 0 Å². The Morgan fingerprint density at radius 3 is 0.962 bits per heavy atom. The maximum atomic E-state index is 3.21. The molecule has 3 aromatic rings. The minimum atomic E-state index is 0.989. The van der Waals surface area contributed by atoms with Crippen LogP contribution in [0.3, 0.4) is 0 Å². The summed E-state index contributed by atoms with van der Waals surface area (Å²) in [4.78, 5) is 0. The molecule has 3 aromatic carbocycles. The van der Waals surface area contributed by atoms with E-state index in [9.17, 15) is 0 Å². The van der Waals surface area contributed by atoms with Crippen molar-refractivity contribution in [3.63, 3.8) is 0 Å². The lowest BCUT2D eigenvalue weighted by atomic mass is 10.0. The molecular formula is C26H18. The average Bonchev–Trinajstić information content (AvgIpc) is 2.69. The van der Waals surface area contributed by atoms with Crippen LogP contribution >= 0.6 is 0 Å². The first-order chi connectivity index (χ1) is 12.8. The number of benzene rings is 3. The van der Waals surface area contributed by atoms with E-state index in [-0.39, 0.29) is 0 Å². The van der Waals surface area contributed by atoms with Gasteiger partial charge in [-0.05, 0) is 73.5 Å². The molecule has 0 aliphatic heterocycles. The van der Waals surface area contributed by atoms with Gasteiger partial charge in [0.15, 0.2) is 0 Å². The van der Waals surface area contributed by atoms with Crippen molar-refractivity contribution in [1.29, 1.82) is 0 Å². The highest BCUT2D eigenvalue weighted by molar-refractivity contribution is 5.65. The summed E-state index contributed by atoms with van der Waals surface area (Å²) < 4.78 is 0. The second kappa shape index (κ2) is 8.44. The largest absolute Gasteiger partial charge is 0.101 e. The van der Waals surface area contributed by atoms with Gasteiger partial charge in [0.25, 0.3) is 0 Å². The third kappa shape index (κ3) is 4.45. The van der Waals surface area contributed by atoms with Crippen molar-refractivity contribution >= 4 is 0 Å². The fourth-order valence-electron chi connectivity index (χ4n) is 2.56. The zero-order valence-corrected chi connectivity index (χ0v) is 14.9. The summed E-state index contributed by atoms with van der Waals surface area (Å²) in [6.07, 6.45) is 0. The molecule has 122 valence electrons. The van der Waals surface area contributed by atoms with E-state index in [1.807, 2.05) is 50.2 Å². The average molecular weight is 330 g/mol. The Balaban J connectivity index is 1.75. The molecule has 0 bridgehead atoms. The maximum Gasteiger partial charge on any atom is 0.0249 e. The Bertz CT molecular complexity index is 1060. The summed E-state index contributed by atoms with van der Waals surface area (Å²) in [6, 6.07) is 24.6. The number of rotatable bonds is 1. The van der Waals surface area contributed by atoms with E-state index in [2.05, 4.69) is 71.9 Å². The molecule has 0 N–H and O–H groups in total. The van der Waals surface area contributed by atoms with E-state index in [1.54, 1.807) is 0 Å². The summed E-state index contributed by atoms with van der Waals surface area (Å²) in [5, 5.41) is 0. The smallest absolute Gasteiger partial charge is 0.0249 e. The van der Waals surface area contributed by atoms with E-state index >= 15 is 0 Å². The molecule has 0 nitrogen and oxygen atoms in total. The van der Waals surface area contributed by atoms with Crippen LogP contribution in [0.25, 0.3) is 11.1 Å². The van der Waals surface area contributed by atoms with Gasteiger partial charge in [-0.15, -0.1) is 11.8 Å². The highest BCUT2D eigenvalue weighted by Crippen LogP contribution is 2.20. The second-order valence-corrected chi connectivity index (χ2v) is 5.73. The van der Waals surface area contributed by atoms with Gasteiger partial charge in [0.05, 0.1) is 0 Å². The lowest BCUT2D eigenvalue weighted by Gasteiger charge is -2.02. The van der Waals surface area contributed by atoms with E-state index in [0.29, 0.717) is 0 Å². The standard InChI is InChI=1S/C26H18/c1-3-5-21-7-9-23(10-8-21)11-12-24-15-19-26(20-16-24)25-17-13-22(6-4-2)14-18-25/h7-10,13-20H,1-2H3. The van der Waals surface area contributed by atoms with Gasteiger partial charge >= 0.3 is 0 Å². The van der Waals surface area contributed by atoms with Gasteiger partial charge in [-0.25, -0.2) is 0 Å². The van der Waals surface area contributed by atoms with Crippen molar-refractivity contribution in [2.45, 2.75) is 13.8 Å². The predicted molar refractivity (Wildman–Crippen MR) is 109 cm³/mol.